The zero-order chi connectivity index (χ0) is 15.8. The molecule has 0 fully saturated rings. The van der Waals surface area contributed by atoms with Crippen LogP contribution in [-0.4, -0.2) is 43.0 Å². The molecule has 5 heteroatoms. The van der Waals surface area contributed by atoms with Gasteiger partial charge in [-0.1, -0.05) is 12.1 Å². The molecule has 0 aliphatic rings. The summed E-state index contributed by atoms with van der Waals surface area (Å²) in [4.78, 5) is 25.1. The van der Waals surface area contributed by atoms with Gasteiger partial charge in [0.05, 0.1) is 6.54 Å². The molecule has 0 radical (unpaired) electrons. The van der Waals surface area contributed by atoms with Crippen molar-refractivity contribution in [1.82, 2.24) is 10.2 Å². The average molecular weight is 292 g/mol. The highest BCUT2D eigenvalue weighted by molar-refractivity contribution is 5.85. The molecule has 0 atom stereocenters. The summed E-state index contributed by atoms with van der Waals surface area (Å²) in [7, 11) is 0. The quantitative estimate of drug-likeness (QED) is 0.831. The van der Waals surface area contributed by atoms with Crippen molar-refractivity contribution < 1.29 is 14.3 Å². The topological polar surface area (TPSA) is 58.6 Å². The van der Waals surface area contributed by atoms with Gasteiger partial charge in [0.1, 0.15) is 5.75 Å². The molecular weight excluding hydrogens is 268 g/mol. The number of carbonyl (C=O) groups excluding carboxylic acids is 2. The summed E-state index contributed by atoms with van der Waals surface area (Å²) >= 11 is 0. The van der Waals surface area contributed by atoms with Crippen molar-refractivity contribution in [3.05, 3.63) is 29.3 Å². The minimum atomic E-state index is -0.190. The van der Waals surface area contributed by atoms with Gasteiger partial charge in [0.15, 0.2) is 6.61 Å². The van der Waals surface area contributed by atoms with Gasteiger partial charge in [-0.2, -0.15) is 0 Å². The normalized spacial score (nSPS) is 10.1. The van der Waals surface area contributed by atoms with Gasteiger partial charge < -0.3 is 15.0 Å². The first-order valence-electron chi connectivity index (χ1n) is 7.22. The second kappa shape index (κ2) is 8.29. The number of nitrogens with zero attached hydrogens (tertiary/aromatic N) is 1. The second-order valence-electron chi connectivity index (χ2n) is 4.92. The highest BCUT2D eigenvalue weighted by Crippen LogP contribution is 2.19. The molecular formula is C16H24N2O3. The molecule has 0 saturated carbocycles. The van der Waals surface area contributed by atoms with E-state index >= 15 is 0 Å². The number of carbonyl (C=O) groups is 2. The number of ether oxygens (including phenoxy) is 1. The Morgan fingerprint density at radius 3 is 2.57 bits per heavy atom. The van der Waals surface area contributed by atoms with Crippen LogP contribution in [0.4, 0.5) is 0 Å². The largest absolute Gasteiger partial charge is 0.483 e. The minimum Gasteiger partial charge on any atom is -0.483 e. The minimum absolute atomic E-state index is 0.0580. The summed E-state index contributed by atoms with van der Waals surface area (Å²) in [6, 6.07) is 5.86. The average Bonchev–Trinajstić information content (AvgIpc) is 2.45. The van der Waals surface area contributed by atoms with E-state index in [4.69, 9.17) is 4.74 Å². The van der Waals surface area contributed by atoms with Gasteiger partial charge in [-0.3, -0.25) is 9.59 Å². The van der Waals surface area contributed by atoms with Crippen LogP contribution in [0.15, 0.2) is 18.2 Å². The molecule has 1 rings (SSSR count). The van der Waals surface area contributed by atoms with Crippen LogP contribution in [0.2, 0.25) is 0 Å². The highest BCUT2D eigenvalue weighted by atomic mass is 16.5. The number of aryl methyl sites for hydroxylation is 2. The van der Waals surface area contributed by atoms with Gasteiger partial charge in [0.25, 0.3) is 5.91 Å². The first-order valence-corrected chi connectivity index (χ1v) is 7.22. The molecule has 0 aliphatic carbocycles. The van der Waals surface area contributed by atoms with Crippen molar-refractivity contribution in [2.75, 3.05) is 26.2 Å². The Labute approximate surface area is 126 Å². The van der Waals surface area contributed by atoms with Crippen molar-refractivity contribution in [1.29, 1.82) is 0 Å². The van der Waals surface area contributed by atoms with Crippen LogP contribution in [0, 0.1) is 13.8 Å². The Morgan fingerprint density at radius 2 is 1.95 bits per heavy atom. The van der Waals surface area contributed by atoms with E-state index in [9.17, 15) is 9.59 Å². The fraction of sp³-hybridized carbons (Fsp3) is 0.500. The summed E-state index contributed by atoms with van der Waals surface area (Å²) in [5.41, 5.74) is 2.07. The fourth-order valence-electron chi connectivity index (χ4n) is 1.90. The maximum atomic E-state index is 12.1. The Kier molecular flexibility index (Phi) is 6.72. The van der Waals surface area contributed by atoms with Crippen molar-refractivity contribution in [3.8, 4) is 5.75 Å². The maximum Gasteiger partial charge on any atom is 0.260 e. The van der Waals surface area contributed by atoms with Crippen LogP contribution in [0.25, 0.3) is 0 Å². The lowest BCUT2D eigenvalue weighted by Gasteiger charge is -2.20. The van der Waals surface area contributed by atoms with Gasteiger partial charge >= 0.3 is 0 Å². The summed E-state index contributed by atoms with van der Waals surface area (Å²) in [6.07, 6.45) is 0. The number of rotatable bonds is 7. The fourth-order valence-corrected chi connectivity index (χ4v) is 1.90. The van der Waals surface area contributed by atoms with Crippen molar-refractivity contribution in [3.63, 3.8) is 0 Å². The van der Waals surface area contributed by atoms with Crippen molar-refractivity contribution >= 4 is 11.8 Å². The SMILES string of the molecule is CCNC(=O)CN(CC)C(=O)COc1cc(C)ccc1C. The molecule has 0 heterocycles. The second-order valence-corrected chi connectivity index (χ2v) is 4.92. The Bertz CT molecular complexity index is 500. The third kappa shape index (κ3) is 5.45. The van der Waals surface area contributed by atoms with Crippen LogP contribution in [0.3, 0.4) is 0 Å². The lowest BCUT2D eigenvalue weighted by atomic mass is 10.1. The van der Waals surface area contributed by atoms with Gasteiger partial charge in [0.2, 0.25) is 5.91 Å². The van der Waals surface area contributed by atoms with E-state index in [-0.39, 0.29) is 25.0 Å². The molecule has 1 aromatic rings. The van der Waals surface area contributed by atoms with E-state index in [1.807, 2.05) is 45.9 Å². The molecule has 1 aromatic carbocycles. The first kappa shape index (κ1) is 17.0. The summed E-state index contributed by atoms with van der Waals surface area (Å²) in [6.45, 7) is 8.65. The monoisotopic (exact) mass is 292 g/mol. The van der Waals surface area contributed by atoms with Gasteiger partial charge in [-0.15, -0.1) is 0 Å². The lowest BCUT2D eigenvalue weighted by Crippen LogP contribution is -2.42. The van der Waals surface area contributed by atoms with Crippen molar-refractivity contribution in [2.24, 2.45) is 0 Å². The number of amides is 2. The van der Waals surface area contributed by atoms with Crippen molar-refractivity contribution in [2.45, 2.75) is 27.7 Å². The standard InChI is InChI=1S/C16H24N2O3/c1-5-17-15(19)10-18(6-2)16(20)11-21-14-9-12(3)7-8-13(14)4/h7-9H,5-6,10-11H2,1-4H3,(H,17,19). The third-order valence-corrected chi connectivity index (χ3v) is 3.14. The van der Waals surface area contributed by atoms with Crippen LogP contribution in [0.5, 0.6) is 5.75 Å². The van der Waals surface area contributed by atoms with E-state index in [0.717, 1.165) is 11.1 Å². The van der Waals surface area contributed by atoms with E-state index < -0.39 is 0 Å². The zero-order valence-electron chi connectivity index (χ0n) is 13.2. The number of likely N-dealkylation sites (N-methyl/N-ethyl adjacent to an activating group) is 2. The summed E-state index contributed by atoms with van der Waals surface area (Å²) in [5.74, 6) is 0.363. The number of hydrogen-bond donors (Lipinski definition) is 1. The molecule has 0 unspecified atom stereocenters. The number of hydrogen-bond acceptors (Lipinski definition) is 3. The first-order chi connectivity index (χ1) is 9.97. The highest BCUT2D eigenvalue weighted by Gasteiger charge is 2.16. The molecule has 0 aromatic heterocycles. The number of nitrogens with one attached hydrogen (secondary N) is 1. The molecule has 1 N–H and O–H groups in total. The van der Waals surface area contributed by atoms with E-state index in [1.54, 1.807) is 0 Å². The van der Waals surface area contributed by atoms with Gasteiger partial charge in [-0.05, 0) is 44.9 Å². The Morgan fingerprint density at radius 1 is 1.24 bits per heavy atom. The molecule has 5 nitrogen and oxygen atoms in total. The molecule has 2 amide bonds. The predicted octanol–water partition coefficient (Wildman–Crippen LogP) is 1.67. The molecule has 0 bridgehead atoms. The van der Waals surface area contributed by atoms with Crippen LogP contribution < -0.4 is 10.1 Å². The molecule has 116 valence electrons. The maximum absolute atomic E-state index is 12.1. The van der Waals surface area contributed by atoms with Crippen LogP contribution in [0.1, 0.15) is 25.0 Å². The van der Waals surface area contributed by atoms with Crippen LogP contribution >= 0.6 is 0 Å². The molecule has 0 spiro atoms. The van der Waals surface area contributed by atoms with Gasteiger partial charge in [-0.25, -0.2) is 0 Å². The third-order valence-electron chi connectivity index (χ3n) is 3.14. The van der Waals surface area contributed by atoms with Gasteiger partial charge in [0, 0.05) is 13.1 Å². The van der Waals surface area contributed by atoms with Crippen LogP contribution in [-0.2, 0) is 9.59 Å². The molecule has 0 aliphatic heterocycles. The Hall–Kier alpha value is -2.04. The Balaban J connectivity index is 2.58. The van der Waals surface area contributed by atoms with E-state index in [1.165, 1.54) is 4.90 Å². The zero-order valence-corrected chi connectivity index (χ0v) is 13.2. The van der Waals surface area contributed by atoms with E-state index in [2.05, 4.69) is 5.32 Å². The smallest absolute Gasteiger partial charge is 0.260 e. The molecule has 0 saturated heterocycles. The summed E-state index contributed by atoms with van der Waals surface area (Å²) in [5, 5.41) is 2.68. The summed E-state index contributed by atoms with van der Waals surface area (Å²) < 4.78 is 5.58. The van der Waals surface area contributed by atoms with E-state index in [0.29, 0.717) is 18.8 Å². The lowest BCUT2D eigenvalue weighted by molar-refractivity contribution is -0.137. The predicted molar refractivity (Wildman–Crippen MR) is 82.3 cm³/mol. The molecule has 21 heavy (non-hydrogen) atoms. The number of benzene rings is 1.